The highest BCUT2D eigenvalue weighted by atomic mass is 16.2. The van der Waals surface area contributed by atoms with Crippen molar-refractivity contribution in [3.05, 3.63) is 54.5 Å². The Morgan fingerprint density at radius 1 is 1.18 bits per heavy atom. The fourth-order valence-corrected chi connectivity index (χ4v) is 5.09. The maximum atomic E-state index is 13.3. The van der Waals surface area contributed by atoms with Gasteiger partial charge in [0.05, 0.1) is 0 Å². The van der Waals surface area contributed by atoms with Crippen LogP contribution >= 0.6 is 0 Å². The molecule has 2 aliphatic rings. The van der Waals surface area contributed by atoms with Crippen LogP contribution in [-0.2, 0) is 9.59 Å². The van der Waals surface area contributed by atoms with Crippen molar-refractivity contribution in [1.29, 1.82) is 0 Å². The van der Waals surface area contributed by atoms with E-state index in [1.807, 2.05) is 60.2 Å². The van der Waals surface area contributed by atoms with Gasteiger partial charge in [-0.3, -0.25) is 20.4 Å². The number of fused-ring (bicyclic) bond motifs is 3. The van der Waals surface area contributed by atoms with Crippen molar-refractivity contribution >= 4 is 29.2 Å². The van der Waals surface area contributed by atoms with Crippen molar-refractivity contribution in [2.75, 3.05) is 5.32 Å². The minimum absolute atomic E-state index is 0.0205. The van der Waals surface area contributed by atoms with Crippen molar-refractivity contribution in [3.8, 4) is 11.1 Å². The molecule has 9 nitrogen and oxygen atoms in total. The number of anilines is 1. The fraction of sp³-hybridized carbons (Fsp3) is 0.333. The Morgan fingerprint density at radius 2 is 2.03 bits per heavy atom. The molecule has 9 heteroatoms. The summed E-state index contributed by atoms with van der Waals surface area (Å²) in [4.78, 5) is 43.4. The number of carbonyl (C=O) groups is 3. The summed E-state index contributed by atoms with van der Waals surface area (Å²) >= 11 is 0. The fourth-order valence-electron chi connectivity index (χ4n) is 5.09. The number of nitrogens with zero attached hydrogens (tertiary/aromatic N) is 3. The first-order valence-corrected chi connectivity index (χ1v) is 11.1. The number of piperidine rings is 1. The molecule has 0 spiro atoms. The van der Waals surface area contributed by atoms with Crippen LogP contribution in [0.2, 0.25) is 0 Å². The normalized spacial score (nSPS) is 21.3. The zero-order valence-corrected chi connectivity index (χ0v) is 18.6. The van der Waals surface area contributed by atoms with Gasteiger partial charge in [0.15, 0.2) is 0 Å². The van der Waals surface area contributed by atoms with Gasteiger partial charge in [-0.1, -0.05) is 6.07 Å². The van der Waals surface area contributed by atoms with E-state index < -0.39 is 5.54 Å². The number of hydrogen-bond acceptors (Lipinski definition) is 4. The Hall–Kier alpha value is -3.88. The molecule has 2 atom stereocenters. The van der Waals surface area contributed by atoms with E-state index in [2.05, 4.69) is 21.2 Å². The predicted octanol–water partition coefficient (Wildman–Crippen LogP) is 3.01. The summed E-state index contributed by atoms with van der Waals surface area (Å²) in [5.41, 5.74) is 8.37. The van der Waals surface area contributed by atoms with Gasteiger partial charge in [0.25, 0.3) is 5.91 Å². The lowest BCUT2D eigenvalue weighted by Crippen LogP contribution is -2.76. The molecule has 170 valence electrons. The van der Waals surface area contributed by atoms with Gasteiger partial charge < -0.3 is 14.6 Å². The third-order valence-electron chi connectivity index (χ3n) is 6.69. The third-order valence-corrected chi connectivity index (χ3v) is 6.69. The van der Waals surface area contributed by atoms with E-state index in [4.69, 9.17) is 0 Å². The Kier molecular flexibility index (Phi) is 5.03. The molecule has 1 saturated heterocycles. The van der Waals surface area contributed by atoms with E-state index in [0.29, 0.717) is 18.5 Å². The van der Waals surface area contributed by atoms with Gasteiger partial charge in [-0.2, -0.15) is 0 Å². The van der Waals surface area contributed by atoms with Crippen LogP contribution in [0.1, 0.15) is 38.2 Å². The molecular weight excluding hydrogens is 420 g/mol. The van der Waals surface area contributed by atoms with Gasteiger partial charge in [-0.25, -0.2) is 9.78 Å². The van der Waals surface area contributed by atoms with Crippen molar-refractivity contribution in [3.63, 3.8) is 0 Å². The summed E-state index contributed by atoms with van der Waals surface area (Å²) in [6.07, 6.45) is 8.69. The minimum atomic E-state index is -0.924. The molecule has 3 heterocycles. The van der Waals surface area contributed by atoms with Gasteiger partial charge in [-0.15, -0.1) is 0 Å². The van der Waals surface area contributed by atoms with E-state index in [1.54, 1.807) is 4.90 Å². The van der Waals surface area contributed by atoms with Crippen LogP contribution in [0.25, 0.3) is 16.8 Å². The Labute approximate surface area is 191 Å². The molecular formula is C24H26N6O3. The lowest BCUT2D eigenvalue weighted by molar-refractivity contribution is -0.153. The van der Waals surface area contributed by atoms with E-state index in [1.165, 1.54) is 6.92 Å². The molecule has 1 saturated carbocycles. The van der Waals surface area contributed by atoms with Crippen LogP contribution in [0.5, 0.6) is 0 Å². The first-order valence-electron chi connectivity index (χ1n) is 11.1. The summed E-state index contributed by atoms with van der Waals surface area (Å²) in [6.45, 7) is 3.34. The highest BCUT2D eigenvalue weighted by Gasteiger charge is 2.61. The van der Waals surface area contributed by atoms with E-state index in [-0.39, 0.29) is 23.9 Å². The Balaban J connectivity index is 1.38. The van der Waals surface area contributed by atoms with Crippen LogP contribution in [0.4, 0.5) is 10.5 Å². The number of hydrogen-bond donors (Lipinski definition) is 3. The number of aromatic nitrogens is 2. The zero-order chi connectivity index (χ0) is 23.2. The number of benzene rings is 1. The van der Waals surface area contributed by atoms with Gasteiger partial charge in [0.1, 0.15) is 11.2 Å². The molecule has 2 aromatic heterocycles. The topological polar surface area (TPSA) is 108 Å². The van der Waals surface area contributed by atoms with Crippen LogP contribution < -0.4 is 16.2 Å². The molecule has 2 fully saturated rings. The molecule has 4 amide bonds. The summed E-state index contributed by atoms with van der Waals surface area (Å²) < 4.78 is 1.96. The number of carbonyl (C=O) groups excluding carboxylic acids is 3. The number of amides is 4. The maximum Gasteiger partial charge on any atom is 0.323 e. The molecule has 3 aromatic rings. The number of rotatable bonds is 3. The molecule has 33 heavy (non-hydrogen) atoms. The number of nitrogens with one attached hydrogen (secondary N) is 3. The lowest BCUT2D eigenvalue weighted by Gasteiger charge is -2.60. The smallest absolute Gasteiger partial charge is 0.308 e. The summed E-state index contributed by atoms with van der Waals surface area (Å²) in [5, 5.41) is 2.98. The Morgan fingerprint density at radius 3 is 2.82 bits per heavy atom. The summed E-state index contributed by atoms with van der Waals surface area (Å²) in [5.74, 6) is -0.707. The molecule has 2 bridgehead atoms. The van der Waals surface area contributed by atoms with Crippen LogP contribution in [-0.4, -0.2) is 43.7 Å². The summed E-state index contributed by atoms with van der Waals surface area (Å²) in [6, 6.07) is 9.34. The van der Waals surface area contributed by atoms with Crippen molar-refractivity contribution in [1.82, 2.24) is 25.1 Å². The number of aryl methyl sites for hydroxylation is 1. The van der Waals surface area contributed by atoms with Crippen LogP contribution in [0.3, 0.4) is 0 Å². The molecule has 2 unspecified atom stereocenters. The average molecular weight is 447 g/mol. The first kappa shape index (κ1) is 21.0. The molecule has 1 aliphatic heterocycles. The largest absolute Gasteiger partial charge is 0.323 e. The van der Waals surface area contributed by atoms with E-state index in [9.17, 15) is 14.4 Å². The van der Waals surface area contributed by atoms with E-state index >= 15 is 0 Å². The first-order chi connectivity index (χ1) is 15.9. The number of hydrazine groups is 1. The quantitative estimate of drug-likeness (QED) is 0.538. The minimum Gasteiger partial charge on any atom is -0.308 e. The van der Waals surface area contributed by atoms with Crippen molar-refractivity contribution in [2.45, 2.75) is 51.1 Å². The predicted molar refractivity (Wildman–Crippen MR) is 123 cm³/mol. The molecule has 1 aromatic carbocycles. The molecule has 5 rings (SSSR count). The van der Waals surface area contributed by atoms with Crippen LogP contribution in [0, 0.1) is 6.92 Å². The average Bonchev–Trinajstić information content (AvgIpc) is 3.26. The monoisotopic (exact) mass is 446 g/mol. The molecule has 3 N–H and O–H groups in total. The Bertz CT molecular complexity index is 1260. The number of likely N-dealkylation sites (tertiary alicyclic amines) is 1. The second-order valence-electron chi connectivity index (χ2n) is 8.86. The molecule has 1 aliphatic carbocycles. The third kappa shape index (κ3) is 3.59. The lowest BCUT2D eigenvalue weighted by atomic mass is 9.67. The second kappa shape index (κ2) is 7.91. The SMILES string of the molecule is CC(=O)NNC(=O)C12CCCC(C1)N2C(=O)Nc1ccc(C)c(-c2cnc3cccn3c2)c1. The maximum absolute atomic E-state index is 13.3. The number of urea groups is 1. The highest BCUT2D eigenvalue weighted by molar-refractivity contribution is 5.99. The van der Waals surface area contributed by atoms with Gasteiger partial charge in [0, 0.05) is 49.2 Å². The van der Waals surface area contributed by atoms with Gasteiger partial charge in [0.2, 0.25) is 5.91 Å². The van der Waals surface area contributed by atoms with Gasteiger partial charge in [-0.05, 0) is 61.6 Å². The van der Waals surface area contributed by atoms with Crippen molar-refractivity contribution < 1.29 is 14.4 Å². The standard InChI is InChI=1S/C24H26N6O3/c1-15-7-8-18(11-20(15)17-13-25-21-6-4-10-29(21)14-17)26-23(33)30-19-5-3-9-24(30,12-19)22(32)28-27-16(2)31/h4,6-8,10-11,13-14,19H,3,5,9,12H2,1-2H3,(H,26,33)(H,27,31)(H,28,32). The van der Waals surface area contributed by atoms with E-state index in [0.717, 1.165) is 35.2 Å². The molecule has 0 radical (unpaired) electrons. The summed E-state index contributed by atoms with van der Waals surface area (Å²) in [7, 11) is 0. The highest BCUT2D eigenvalue weighted by Crippen LogP contribution is 2.48. The van der Waals surface area contributed by atoms with Crippen LogP contribution in [0.15, 0.2) is 48.9 Å². The zero-order valence-electron chi connectivity index (χ0n) is 18.6. The van der Waals surface area contributed by atoms with Crippen molar-refractivity contribution in [2.24, 2.45) is 0 Å². The second-order valence-corrected chi connectivity index (χ2v) is 8.86. The van der Waals surface area contributed by atoms with Gasteiger partial charge >= 0.3 is 6.03 Å².